The number of aromatic nitrogens is 1. The lowest BCUT2D eigenvalue weighted by Crippen LogP contribution is -2.26. The Balaban J connectivity index is 2.19. The van der Waals surface area contributed by atoms with Crippen molar-refractivity contribution in [3.05, 3.63) is 41.7 Å². The highest BCUT2D eigenvalue weighted by atomic mass is 16.3. The molecule has 2 rings (SSSR count). The topological polar surface area (TPSA) is 45.2 Å². The molecule has 0 amide bonds. The second-order valence-electron chi connectivity index (χ2n) is 3.45. The van der Waals surface area contributed by atoms with Crippen LogP contribution in [0.15, 0.2) is 36.2 Å². The van der Waals surface area contributed by atoms with Gasteiger partial charge in [0.25, 0.3) is 0 Å². The molecule has 3 heteroatoms. The summed E-state index contributed by atoms with van der Waals surface area (Å²) in [5.41, 5.74) is 2.26. The van der Waals surface area contributed by atoms with Gasteiger partial charge in [-0.3, -0.25) is 4.98 Å². The molecule has 0 spiro atoms. The Bertz CT molecular complexity index is 321. The molecule has 3 nitrogen and oxygen atoms in total. The van der Waals surface area contributed by atoms with E-state index in [4.69, 9.17) is 5.11 Å². The minimum atomic E-state index is 0.165. The summed E-state index contributed by atoms with van der Waals surface area (Å²) in [4.78, 5) is 4.08. The quantitative estimate of drug-likeness (QED) is 0.685. The average Bonchev–Trinajstić information content (AvgIpc) is 2.30. The maximum atomic E-state index is 9.04. The first kappa shape index (κ1) is 9.37. The van der Waals surface area contributed by atoms with Crippen LogP contribution in [-0.2, 0) is 0 Å². The smallest absolute Gasteiger partial charge is 0.0642 e. The van der Waals surface area contributed by atoms with Gasteiger partial charge in [-0.05, 0) is 30.2 Å². The molecule has 1 aliphatic rings. The standard InChI is InChI=1S/C11H14N2O/c14-8-9-3-5-13-11(6-9)10-2-1-4-12-7-10/h1-2,4,6-7,11,13-14H,3,5,8H2. The lowest BCUT2D eigenvalue weighted by Gasteiger charge is -2.21. The van der Waals surface area contributed by atoms with Crippen LogP contribution in [0.3, 0.4) is 0 Å². The molecule has 1 aromatic heterocycles. The SMILES string of the molecule is OCC1=CC(c2cccnc2)NCC1. The lowest BCUT2D eigenvalue weighted by molar-refractivity contribution is 0.321. The molecular formula is C11H14N2O. The first-order chi connectivity index (χ1) is 6.90. The van der Waals surface area contributed by atoms with Gasteiger partial charge in [0, 0.05) is 12.4 Å². The third kappa shape index (κ3) is 2.00. The fourth-order valence-electron chi connectivity index (χ4n) is 1.67. The third-order valence-electron chi connectivity index (χ3n) is 2.46. The zero-order valence-electron chi connectivity index (χ0n) is 7.98. The predicted molar refractivity (Wildman–Crippen MR) is 54.8 cm³/mol. The second-order valence-corrected chi connectivity index (χ2v) is 3.45. The maximum Gasteiger partial charge on any atom is 0.0642 e. The van der Waals surface area contributed by atoms with E-state index in [0.717, 1.165) is 24.1 Å². The molecule has 0 bridgehead atoms. The molecule has 0 saturated heterocycles. The van der Waals surface area contributed by atoms with Crippen LogP contribution >= 0.6 is 0 Å². The summed E-state index contributed by atoms with van der Waals surface area (Å²) in [6.45, 7) is 1.09. The summed E-state index contributed by atoms with van der Waals surface area (Å²) in [7, 11) is 0. The van der Waals surface area contributed by atoms with E-state index in [2.05, 4.69) is 16.4 Å². The normalized spacial score (nSPS) is 21.8. The van der Waals surface area contributed by atoms with Crippen molar-refractivity contribution in [2.75, 3.05) is 13.2 Å². The fraction of sp³-hybridized carbons (Fsp3) is 0.364. The van der Waals surface area contributed by atoms with E-state index in [-0.39, 0.29) is 12.6 Å². The van der Waals surface area contributed by atoms with Crippen molar-refractivity contribution < 1.29 is 5.11 Å². The van der Waals surface area contributed by atoms with Crippen LogP contribution in [0.2, 0.25) is 0 Å². The lowest BCUT2D eigenvalue weighted by atomic mass is 10.0. The Morgan fingerprint density at radius 3 is 3.21 bits per heavy atom. The van der Waals surface area contributed by atoms with Crippen molar-refractivity contribution in [2.45, 2.75) is 12.5 Å². The van der Waals surface area contributed by atoms with E-state index in [1.54, 1.807) is 6.20 Å². The van der Waals surface area contributed by atoms with Gasteiger partial charge in [-0.15, -0.1) is 0 Å². The number of hydrogen-bond acceptors (Lipinski definition) is 3. The van der Waals surface area contributed by atoms with Crippen molar-refractivity contribution >= 4 is 0 Å². The number of aliphatic hydroxyl groups is 1. The molecule has 0 aliphatic carbocycles. The van der Waals surface area contributed by atoms with Gasteiger partial charge >= 0.3 is 0 Å². The summed E-state index contributed by atoms with van der Waals surface area (Å²) in [6.07, 6.45) is 6.64. The van der Waals surface area contributed by atoms with Crippen molar-refractivity contribution in [1.29, 1.82) is 0 Å². The van der Waals surface area contributed by atoms with Gasteiger partial charge in [-0.1, -0.05) is 12.1 Å². The Kier molecular flexibility index (Phi) is 2.91. The van der Waals surface area contributed by atoms with Gasteiger partial charge in [0.15, 0.2) is 0 Å². The molecule has 0 fully saturated rings. The Hall–Kier alpha value is -1.19. The van der Waals surface area contributed by atoms with E-state index < -0.39 is 0 Å². The number of nitrogens with zero attached hydrogens (tertiary/aromatic N) is 1. The van der Waals surface area contributed by atoms with Crippen LogP contribution in [-0.4, -0.2) is 23.2 Å². The number of rotatable bonds is 2. The maximum absolute atomic E-state index is 9.04. The van der Waals surface area contributed by atoms with Crippen LogP contribution in [0.25, 0.3) is 0 Å². The number of hydrogen-bond donors (Lipinski definition) is 2. The second kappa shape index (κ2) is 4.35. The largest absolute Gasteiger partial charge is 0.392 e. The summed E-state index contributed by atoms with van der Waals surface area (Å²) in [6, 6.07) is 4.18. The molecule has 1 aromatic rings. The minimum absolute atomic E-state index is 0.165. The van der Waals surface area contributed by atoms with Crippen LogP contribution in [0.1, 0.15) is 18.0 Å². The molecule has 0 radical (unpaired) electrons. The van der Waals surface area contributed by atoms with Crippen molar-refractivity contribution in [3.63, 3.8) is 0 Å². The number of nitrogens with one attached hydrogen (secondary N) is 1. The summed E-state index contributed by atoms with van der Waals surface area (Å²) in [5, 5.41) is 12.4. The molecule has 1 aliphatic heterocycles. The molecule has 1 unspecified atom stereocenters. The van der Waals surface area contributed by atoms with Gasteiger partial charge < -0.3 is 10.4 Å². The zero-order valence-corrected chi connectivity index (χ0v) is 7.98. The third-order valence-corrected chi connectivity index (χ3v) is 2.46. The van der Waals surface area contributed by atoms with E-state index in [0.29, 0.717) is 0 Å². The zero-order chi connectivity index (χ0) is 9.80. The molecule has 0 aromatic carbocycles. The van der Waals surface area contributed by atoms with E-state index in [1.807, 2.05) is 18.3 Å². The molecule has 14 heavy (non-hydrogen) atoms. The Morgan fingerprint density at radius 1 is 1.57 bits per heavy atom. The highest BCUT2D eigenvalue weighted by Crippen LogP contribution is 2.19. The van der Waals surface area contributed by atoms with Crippen molar-refractivity contribution in [2.24, 2.45) is 0 Å². The first-order valence-corrected chi connectivity index (χ1v) is 4.84. The van der Waals surface area contributed by atoms with Crippen LogP contribution < -0.4 is 5.32 Å². The van der Waals surface area contributed by atoms with Crippen LogP contribution in [0, 0.1) is 0 Å². The molecule has 2 N–H and O–H groups in total. The van der Waals surface area contributed by atoms with Gasteiger partial charge in [0.2, 0.25) is 0 Å². The van der Waals surface area contributed by atoms with Crippen molar-refractivity contribution in [1.82, 2.24) is 10.3 Å². The van der Waals surface area contributed by atoms with E-state index in [1.165, 1.54) is 0 Å². The average molecular weight is 190 g/mol. The molecule has 1 atom stereocenters. The Morgan fingerprint density at radius 2 is 2.50 bits per heavy atom. The van der Waals surface area contributed by atoms with E-state index >= 15 is 0 Å². The van der Waals surface area contributed by atoms with Gasteiger partial charge in [-0.25, -0.2) is 0 Å². The summed E-state index contributed by atoms with van der Waals surface area (Å²) < 4.78 is 0. The molecule has 2 heterocycles. The minimum Gasteiger partial charge on any atom is -0.392 e. The number of aliphatic hydroxyl groups excluding tert-OH is 1. The van der Waals surface area contributed by atoms with Gasteiger partial charge in [0.05, 0.1) is 12.6 Å². The first-order valence-electron chi connectivity index (χ1n) is 4.84. The molecule has 74 valence electrons. The highest BCUT2D eigenvalue weighted by Gasteiger charge is 2.13. The monoisotopic (exact) mass is 190 g/mol. The van der Waals surface area contributed by atoms with Gasteiger partial charge in [0.1, 0.15) is 0 Å². The highest BCUT2D eigenvalue weighted by molar-refractivity contribution is 5.24. The van der Waals surface area contributed by atoms with Crippen molar-refractivity contribution in [3.8, 4) is 0 Å². The fourth-order valence-corrected chi connectivity index (χ4v) is 1.67. The van der Waals surface area contributed by atoms with E-state index in [9.17, 15) is 0 Å². The van der Waals surface area contributed by atoms with Crippen LogP contribution in [0.5, 0.6) is 0 Å². The summed E-state index contributed by atoms with van der Waals surface area (Å²) in [5.74, 6) is 0. The molecular weight excluding hydrogens is 176 g/mol. The number of pyridine rings is 1. The van der Waals surface area contributed by atoms with Crippen LogP contribution in [0.4, 0.5) is 0 Å². The van der Waals surface area contributed by atoms with Gasteiger partial charge in [-0.2, -0.15) is 0 Å². The Labute approximate surface area is 83.5 Å². The summed E-state index contributed by atoms with van der Waals surface area (Å²) >= 11 is 0. The predicted octanol–water partition coefficient (Wildman–Crippen LogP) is 1.03. The molecule has 0 saturated carbocycles.